The van der Waals surface area contributed by atoms with Gasteiger partial charge in [0.25, 0.3) is 0 Å². The first-order valence-corrected chi connectivity index (χ1v) is 23.2. The van der Waals surface area contributed by atoms with Crippen LogP contribution in [0.15, 0.2) is 73.1 Å². The van der Waals surface area contributed by atoms with Crippen LogP contribution < -0.4 is 10.6 Å². The van der Waals surface area contributed by atoms with Crippen LogP contribution in [0.4, 0.5) is 9.59 Å². The number of fused-ring (bicyclic) bond motifs is 3. The maximum atomic E-state index is 14.4. The van der Waals surface area contributed by atoms with Crippen molar-refractivity contribution in [2.75, 3.05) is 34.0 Å². The molecule has 1 spiro atoms. The zero-order chi connectivity index (χ0) is 45.0. The van der Waals surface area contributed by atoms with Gasteiger partial charge in [-0.3, -0.25) is 9.59 Å². The summed E-state index contributed by atoms with van der Waals surface area (Å²) >= 11 is 0. The van der Waals surface area contributed by atoms with Crippen LogP contribution >= 0.6 is 0 Å². The number of hydrogen-bond acceptors (Lipinski definition) is 9. The lowest BCUT2D eigenvalue weighted by molar-refractivity contribution is -0.140. The van der Waals surface area contributed by atoms with Crippen LogP contribution in [-0.4, -0.2) is 106 Å². The van der Waals surface area contributed by atoms with Crippen LogP contribution in [0.5, 0.6) is 0 Å². The van der Waals surface area contributed by atoms with E-state index in [1.807, 2.05) is 36.0 Å². The minimum atomic E-state index is -0.689. The summed E-state index contributed by atoms with van der Waals surface area (Å²) in [6.07, 6.45) is 9.84. The van der Waals surface area contributed by atoms with Crippen molar-refractivity contribution >= 4 is 34.8 Å². The van der Waals surface area contributed by atoms with Crippen molar-refractivity contribution in [1.82, 2.24) is 40.4 Å². The molecule has 3 aromatic carbocycles. The number of H-pyrrole nitrogens is 2. The van der Waals surface area contributed by atoms with Crippen LogP contribution in [0.3, 0.4) is 0 Å². The SMILES string of the molecule is COC(=O)NC(C(=O)N1CC2(CC2)CC1c1ncc(-c2ccc3cc(-c4ccc(-c5cnc(C6C7CCC(C7)N6C(=O)C(NC(=O)OC)C6CCOCC6)[nH]5)cc4)ccc3c2)[nH]1)C(C)C. The summed E-state index contributed by atoms with van der Waals surface area (Å²) in [6.45, 7) is 5.65. The van der Waals surface area contributed by atoms with Crippen molar-refractivity contribution in [3.05, 3.63) is 84.7 Å². The predicted molar refractivity (Wildman–Crippen MR) is 243 cm³/mol. The highest BCUT2D eigenvalue weighted by atomic mass is 16.5. The van der Waals surface area contributed by atoms with Gasteiger partial charge >= 0.3 is 12.2 Å². The van der Waals surface area contributed by atoms with E-state index in [-0.39, 0.29) is 47.2 Å². The third-order valence-corrected chi connectivity index (χ3v) is 14.9. The van der Waals surface area contributed by atoms with Gasteiger partial charge in [0.15, 0.2) is 0 Å². The molecule has 5 aliphatic rings. The van der Waals surface area contributed by atoms with Gasteiger partial charge in [0.2, 0.25) is 11.8 Å². The fourth-order valence-electron chi connectivity index (χ4n) is 11.1. The van der Waals surface area contributed by atoms with Crippen LogP contribution in [0.2, 0.25) is 0 Å². The number of likely N-dealkylation sites (tertiary alicyclic amines) is 2. The summed E-state index contributed by atoms with van der Waals surface area (Å²) in [7, 11) is 2.63. The molecule has 5 fully saturated rings. The average molecular weight is 883 g/mol. The molecule has 3 saturated heterocycles. The molecule has 4 amide bonds. The number of piperidine rings is 1. The third-order valence-electron chi connectivity index (χ3n) is 14.9. The molecule has 15 heteroatoms. The molecule has 2 saturated carbocycles. The van der Waals surface area contributed by atoms with Crippen LogP contribution in [-0.2, 0) is 23.8 Å². The number of nitrogens with zero attached hydrogens (tertiary/aromatic N) is 4. The number of ether oxygens (including phenoxy) is 3. The van der Waals surface area contributed by atoms with Gasteiger partial charge in [-0.2, -0.15) is 0 Å². The molecule has 65 heavy (non-hydrogen) atoms. The summed E-state index contributed by atoms with van der Waals surface area (Å²) in [5.41, 5.74) is 6.08. The fraction of sp³-hybridized carbons (Fsp3) is 0.480. The molecule has 15 nitrogen and oxygen atoms in total. The Morgan fingerprint density at radius 3 is 2.06 bits per heavy atom. The van der Waals surface area contributed by atoms with E-state index in [0.717, 1.165) is 94.6 Å². The summed E-state index contributed by atoms with van der Waals surface area (Å²) in [4.78, 5) is 73.6. The Bertz CT molecular complexity index is 2590. The number of rotatable bonds is 11. The van der Waals surface area contributed by atoms with Crippen molar-refractivity contribution in [3.8, 4) is 33.6 Å². The Kier molecular flexibility index (Phi) is 11.4. The molecule has 10 rings (SSSR count). The third kappa shape index (κ3) is 8.23. The van der Waals surface area contributed by atoms with E-state index in [2.05, 4.69) is 81.3 Å². The maximum Gasteiger partial charge on any atom is 0.407 e. The van der Waals surface area contributed by atoms with Crippen LogP contribution in [0, 0.1) is 23.2 Å². The highest BCUT2D eigenvalue weighted by Gasteiger charge is 2.55. The van der Waals surface area contributed by atoms with Gasteiger partial charge in [-0.05, 0) is 114 Å². The monoisotopic (exact) mass is 882 g/mol. The number of methoxy groups -OCH3 is 2. The van der Waals surface area contributed by atoms with Gasteiger partial charge in [-0.1, -0.05) is 62.4 Å². The molecule has 5 heterocycles. The van der Waals surface area contributed by atoms with Gasteiger partial charge in [0, 0.05) is 31.4 Å². The second-order valence-electron chi connectivity index (χ2n) is 19.2. The molecule has 3 aliphatic heterocycles. The van der Waals surface area contributed by atoms with E-state index in [9.17, 15) is 19.2 Å². The molecule has 6 unspecified atom stereocenters. The fourth-order valence-corrected chi connectivity index (χ4v) is 11.1. The zero-order valence-electron chi connectivity index (χ0n) is 37.5. The number of hydrogen-bond donors (Lipinski definition) is 4. The summed E-state index contributed by atoms with van der Waals surface area (Å²) in [5, 5.41) is 7.84. The van der Waals surface area contributed by atoms with Crippen molar-refractivity contribution in [1.29, 1.82) is 0 Å². The topological polar surface area (TPSA) is 184 Å². The molecule has 6 atom stereocenters. The van der Waals surface area contributed by atoms with Gasteiger partial charge in [-0.25, -0.2) is 19.6 Å². The number of nitrogens with one attached hydrogen (secondary N) is 4. The first kappa shape index (κ1) is 42.7. The number of carbonyl (C=O) groups is 4. The average Bonchev–Trinajstić information content (AvgIpc) is 3.97. The first-order valence-electron chi connectivity index (χ1n) is 23.2. The predicted octanol–water partition coefficient (Wildman–Crippen LogP) is 7.92. The minimum Gasteiger partial charge on any atom is -0.453 e. The quantitative estimate of drug-likeness (QED) is 0.102. The van der Waals surface area contributed by atoms with Crippen molar-refractivity contribution in [2.45, 2.75) is 95.4 Å². The highest BCUT2D eigenvalue weighted by molar-refractivity contribution is 5.91. The van der Waals surface area contributed by atoms with Gasteiger partial charge in [-0.15, -0.1) is 0 Å². The van der Waals surface area contributed by atoms with E-state index in [1.54, 1.807) is 0 Å². The van der Waals surface area contributed by atoms with Crippen molar-refractivity contribution in [3.63, 3.8) is 0 Å². The number of benzene rings is 3. The molecular weight excluding hydrogens is 825 g/mol. The van der Waals surface area contributed by atoms with Crippen molar-refractivity contribution < 1.29 is 33.4 Å². The normalized spacial score (nSPS) is 23.2. The zero-order valence-corrected chi connectivity index (χ0v) is 37.5. The van der Waals surface area contributed by atoms with E-state index in [1.165, 1.54) is 14.2 Å². The standard InChI is InChI=1S/C50H58N8O7/c1-28(2)41(55-48(61)63-3)46(59)57-27-50(17-18-50)24-40(57)44-51-26-39(53-44)35-12-11-33-21-32(9-10-34(33)22-35)29-5-7-30(8-6-29)38-25-52-45(54-38)43-36-13-14-37(23-36)58(43)47(60)42(56-49(62)64-4)31-15-19-65-20-16-31/h5-12,21-22,25-26,28,31,36-37,40-43H,13-20,23-24,27H2,1-4H3,(H,51,53)(H,52,54)(H,55,61)(H,56,62). The molecule has 2 aliphatic carbocycles. The summed E-state index contributed by atoms with van der Waals surface area (Å²) in [6, 6.07) is 19.7. The molecule has 5 aromatic rings. The summed E-state index contributed by atoms with van der Waals surface area (Å²) in [5.74, 6) is 1.54. The molecule has 4 N–H and O–H groups in total. The van der Waals surface area contributed by atoms with E-state index in [4.69, 9.17) is 24.2 Å². The van der Waals surface area contributed by atoms with Gasteiger partial charge in [0.1, 0.15) is 23.7 Å². The van der Waals surface area contributed by atoms with Gasteiger partial charge in [0.05, 0.1) is 50.1 Å². The largest absolute Gasteiger partial charge is 0.453 e. The Labute approximate surface area is 378 Å². The van der Waals surface area contributed by atoms with E-state index < -0.39 is 24.3 Å². The second kappa shape index (κ2) is 17.3. The Morgan fingerprint density at radius 2 is 1.37 bits per heavy atom. The number of carbonyl (C=O) groups excluding carboxylic acids is 4. The van der Waals surface area contributed by atoms with Crippen LogP contribution in [0.25, 0.3) is 44.4 Å². The first-order chi connectivity index (χ1) is 31.5. The lowest BCUT2D eigenvalue weighted by Gasteiger charge is -2.39. The number of imidazole rings is 2. The smallest absolute Gasteiger partial charge is 0.407 e. The Hall–Kier alpha value is -6.22. The lowest BCUT2D eigenvalue weighted by Crippen LogP contribution is -2.55. The number of amides is 4. The van der Waals surface area contributed by atoms with E-state index in [0.29, 0.717) is 38.5 Å². The Balaban J connectivity index is 0.832. The van der Waals surface area contributed by atoms with Crippen molar-refractivity contribution in [2.24, 2.45) is 23.2 Å². The van der Waals surface area contributed by atoms with Gasteiger partial charge < -0.3 is 44.6 Å². The molecule has 2 aromatic heterocycles. The molecule has 340 valence electrons. The number of aromatic nitrogens is 4. The van der Waals surface area contributed by atoms with Crippen LogP contribution in [0.1, 0.15) is 88.9 Å². The highest BCUT2D eigenvalue weighted by Crippen LogP contribution is 2.58. The number of alkyl carbamates (subject to hydrolysis) is 2. The molecular formula is C50H58N8O7. The second-order valence-corrected chi connectivity index (χ2v) is 19.2. The van der Waals surface area contributed by atoms with E-state index >= 15 is 0 Å². The maximum absolute atomic E-state index is 14.4. The lowest BCUT2D eigenvalue weighted by atomic mass is 9.89. The number of aromatic amines is 2. The Morgan fingerprint density at radius 1 is 0.754 bits per heavy atom. The molecule has 2 bridgehead atoms. The minimum absolute atomic E-state index is 0.0233. The summed E-state index contributed by atoms with van der Waals surface area (Å²) < 4.78 is 15.3. The molecule has 0 radical (unpaired) electrons.